The Balaban J connectivity index is 1.60. The van der Waals surface area contributed by atoms with Crippen LogP contribution >= 0.6 is 0 Å². The summed E-state index contributed by atoms with van der Waals surface area (Å²) < 4.78 is 2.10. The molecular formula is C23H28N6O. The number of hydrogen-bond donors (Lipinski definition) is 1. The molecule has 5 atom stereocenters. The number of H-pyrrole nitrogens is 1. The Labute approximate surface area is 175 Å². The number of rotatable bonds is 1. The van der Waals surface area contributed by atoms with Crippen molar-refractivity contribution in [1.82, 2.24) is 30.1 Å². The molecule has 2 aromatic heterocycles. The molecule has 3 aromatic rings. The molecule has 0 amide bonds. The second-order valence-corrected chi connectivity index (χ2v) is 9.60. The molecule has 1 N–H and O–H groups in total. The van der Waals surface area contributed by atoms with Crippen LogP contribution in [0.15, 0.2) is 29.1 Å². The fraction of sp³-hybridized carbons (Fsp3) is 0.565. The van der Waals surface area contributed by atoms with E-state index in [4.69, 9.17) is 0 Å². The molecule has 4 unspecified atom stereocenters. The third kappa shape index (κ3) is 2.41. The minimum Gasteiger partial charge on any atom is -0.322 e. The van der Waals surface area contributed by atoms with E-state index < -0.39 is 0 Å². The molecule has 1 aromatic carbocycles. The van der Waals surface area contributed by atoms with E-state index in [9.17, 15) is 4.79 Å². The fourth-order valence-corrected chi connectivity index (χ4v) is 6.54. The van der Waals surface area contributed by atoms with Crippen LogP contribution in [-0.2, 0) is 5.54 Å². The van der Waals surface area contributed by atoms with Gasteiger partial charge in [0.1, 0.15) is 6.04 Å². The van der Waals surface area contributed by atoms with Gasteiger partial charge in [0.15, 0.2) is 5.82 Å². The summed E-state index contributed by atoms with van der Waals surface area (Å²) >= 11 is 0. The predicted molar refractivity (Wildman–Crippen MR) is 114 cm³/mol. The van der Waals surface area contributed by atoms with Crippen LogP contribution < -0.4 is 5.56 Å². The summed E-state index contributed by atoms with van der Waals surface area (Å²) in [6.07, 6.45) is 7.21. The molecule has 1 aliphatic carbocycles. The Morgan fingerprint density at radius 2 is 1.97 bits per heavy atom. The van der Waals surface area contributed by atoms with Crippen molar-refractivity contribution in [3.63, 3.8) is 0 Å². The third-order valence-electron chi connectivity index (χ3n) is 8.00. The zero-order valence-corrected chi connectivity index (χ0v) is 17.6. The van der Waals surface area contributed by atoms with Gasteiger partial charge in [0.25, 0.3) is 5.56 Å². The molecule has 7 heteroatoms. The molecule has 1 saturated heterocycles. The highest BCUT2D eigenvalue weighted by molar-refractivity contribution is 5.79. The Bertz CT molecular complexity index is 1180. The first-order chi connectivity index (χ1) is 14.6. The first-order valence-corrected chi connectivity index (χ1v) is 11.3. The van der Waals surface area contributed by atoms with Crippen LogP contribution in [0.3, 0.4) is 0 Å². The van der Waals surface area contributed by atoms with E-state index in [1.807, 2.05) is 12.1 Å². The van der Waals surface area contributed by atoms with Crippen molar-refractivity contribution in [3.05, 3.63) is 51.6 Å². The molecule has 2 fully saturated rings. The third-order valence-corrected chi connectivity index (χ3v) is 8.00. The number of pyridine rings is 1. The van der Waals surface area contributed by atoms with Crippen molar-refractivity contribution in [2.75, 3.05) is 6.54 Å². The highest BCUT2D eigenvalue weighted by atomic mass is 16.1. The Hall–Kier alpha value is -2.54. The van der Waals surface area contributed by atoms with Gasteiger partial charge in [-0.25, -0.2) is 4.68 Å². The maximum atomic E-state index is 13.3. The molecule has 156 valence electrons. The zero-order chi connectivity index (χ0) is 20.5. The van der Waals surface area contributed by atoms with E-state index in [2.05, 4.69) is 56.1 Å². The van der Waals surface area contributed by atoms with Crippen molar-refractivity contribution in [3.8, 4) is 0 Å². The average molecular weight is 405 g/mol. The fourth-order valence-electron chi connectivity index (χ4n) is 6.54. The first kappa shape index (κ1) is 18.2. The number of aromatic nitrogens is 5. The molecule has 6 rings (SSSR count). The molecule has 4 heterocycles. The van der Waals surface area contributed by atoms with Gasteiger partial charge in [-0.15, -0.1) is 5.10 Å². The lowest BCUT2D eigenvalue weighted by molar-refractivity contribution is -0.00645. The largest absolute Gasteiger partial charge is 0.322 e. The number of fused-ring (bicyclic) bond motifs is 2. The van der Waals surface area contributed by atoms with E-state index >= 15 is 0 Å². The second-order valence-electron chi connectivity index (χ2n) is 9.60. The summed E-state index contributed by atoms with van der Waals surface area (Å²) in [4.78, 5) is 18.9. The highest BCUT2D eigenvalue weighted by Gasteiger charge is 2.56. The van der Waals surface area contributed by atoms with Gasteiger partial charge in [0.2, 0.25) is 0 Å². The number of hydrogen-bond acceptors (Lipinski definition) is 5. The lowest BCUT2D eigenvalue weighted by Crippen LogP contribution is -2.60. The molecule has 4 bridgehead atoms. The van der Waals surface area contributed by atoms with Crippen molar-refractivity contribution < 1.29 is 0 Å². The molecule has 2 aliphatic heterocycles. The molecule has 0 spiro atoms. The molecule has 30 heavy (non-hydrogen) atoms. The Morgan fingerprint density at radius 1 is 1.13 bits per heavy atom. The summed E-state index contributed by atoms with van der Waals surface area (Å²) in [5.41, 5.74) is 2.67. The van der Waals surface area contributed by atoms with Crippen molar-refractivity contribution in [2.45, 2.75) is 70.0 Å². The summed E-state index contributed by atoms with van der Waals surface area (Å²) in [5.74, 6) is 1.40. The van der Waals surface area contributed by atoms with Crippen molar-refractivity contribution in [2.24, 2.45) is 5.92 Å². The summed E-state index contributed by atoms with van der Waals surface area (Å²) in [7, 11) is 0. The van der Waals surface area contributed by atoms with Gasteiger partial charge in [-0.05, 0) is 86.0 Å². The van der Waals surface area contributed by atoms with Gasteiger partial charge in [-0.2, -0.15) is 0 Å². The number of aromatic amines is 1. The van der Waals surface area contributed by atoms with Crippen LogP contribution in [0.1, 0.15) is 68.4 Å². The smallest absolute Gasteiger partial charge is 0.253 e. The van der Waals surface area contributed by atoms with E-state index in [-0.39, 0.29) is 17.1 Å². The number of nitrogens with one attached hydrogen (secondary N) is 1. The topological polar surface area (TPSA) is 79.7 Å². The highest BCUT2D eigenvalue weighted by Crippen LogP contribution is 2.51. The lowest BCUT2D eigenvalue weighted by atomic mass is 9.74. The number of benzene rings is 1. The summed E-state index contributed by atoms with van der Waals surface area (Å²) in [5, 5.41) is 14.2. The first-order valence-electron chi connectivity index (χ1n) is 11.3. The quantitative estimate of drug-likeness (QED) is 0.673. The van der Waals surface area contributed by atoms with E-state index in [1.54, 1.807) is 0 Å². The summed E-state index contributed by atoms with van der Waals surface area (Å²) in [6.45, 7) is 5.42. The molecule has 3 aliphatic rings. The van der Waals surface area contributed by atoms with E-state index in [0.29, 0.717) is 12.0 Å². The maximum absolute atomic E-state index is 13.3. The lowest BCUT2D eigenvalue weighted by Gasteiger charge is -2.51. The van der Waals surface area contributed by atoms with Gasteiger partial charge in [0, 0.05) is 17.1 Å². The maximum Gasteiger partial charge on any atom is 0.253 e. The van der Waals surface area contributed by atoms with Gasteiger partial charge < -0.3 is 4.98 Å². The Morgan fingerprint density at radius 3 is 2.87 bits per heavy atom. The number of aryl methyl sites for hydroxylation is 1. The van der Waals surface area contributed by atoms with Crippen molar-refractivity contribution >= 4 is 10.9 Å². The van der Waals surface area contributed by atoms with Gasteiger partial charge in [-0.3, -0.25) is 9.69 Å². The monoisotopic (exact) mass is 404 g/mol. The van der Waals surface area contributed by atoms with Crippen LogP contribution in [0.2, 0.25) is 0 Å². The minimum atomic E-state index is -0.205. The van der Waals surface area contributed by atoms with Gasteiger partial charge in [-0.1, -0.05) is 24.5 Å². The zero-order valence-electron chi connectivity index (χ0n) is 17.6. The normalized spacial score (nSPS) is 33.0. The summed E-state index contributed by atoms with van der Waals surface area (Å²) in [6, 6.07) is 8.36. The Kier molecular flexibility index (Phi) is 3.94. The number of tetrazole rings is 1. The predicted octanol–water partition coefficient (Wildman–Crippen LogP) is 3.30. The second kappa shape index (κ2) is 6.48. The van der Waals surface area contributed by atoms with E-state index in [0.717, 1.165) is 41.7 Å². The van der Waals surface area contributed by atoms with Crippen LogP contribution in [0, 0.1) is 12.8 Å². The molecule has 0 radical (unpaired) electrons. The van der Waals surface area contributed by atoms with Crippen LogP contribution in [-0.4, -0.2) is 42.7 Å². The average Bonchev–Trinajstić information content (AvgIpc) is 3.12. The molecule has 1 saturated carbocycles. The van der Waals surface area contributed by atoms with Crippen molar-refractivity contribution in [1.29, 1.82) is 0 Å². The van der Waals surface area contributed by atoms with Crippen LogP contribution in [0.5, 0.6) is 0 Å². The minimum absolute atomic E-state index is 0.0380. The van der Waals surface area contributed by atoms with Crippen LogP contribution in [0.4, 0.5) is 0 Å². The van der Waals surface area contributed by atoms with Crippen LogP contribution in [0.25, 0.3) is 10.9 Å². The molecular weight excluding hydrogens is 376 g/mol. The molecule has 7 nitrogen and oxygen atoms in total. The standard InChI is InChI=1S/C23H28N6O/c1-14-9-10-18-15(12-14)13-17(22(30)24-18)20-21-25-26-27-29(21)23(2)16-6-3-4-8-19(23)28(20)11-5-7-16/h9-10,12-13,16,19-20H,3-8,11H2,1-2H3,(H,24,30)/t16?,19?,20-,23?/m1/s1. The van der Waals surface area contributed by atoms with Gasteiger partial charge in [0.05, 0.1) is 5.54 Å². The van der Waals surface area contributed by atoms with Gasteiger partial charge >= 0.3 is 0 Å². The van der Waals surface area contributed by atoms with E-state index in [1.165, 1.54) is 31.2 Å². The SMILES string of the molecule is Cc1ccc2[nH]c(=O)c([C@@H]3c4nnnn4C4(C)C5CCCCC4N3CCC5)cc2c1. The number of nitrogens with zero attached hydrogens (tertiary/aromatic N) is 5.